The first-order valence-corrected chi connectivity index (χ1v) is 9.15. The smallest absolute Gasteiger partial charge is 0.152 e. The predicted molar refractivity (Wildman–Crippen MR) is 110 cm³/mol. The normalized spacial score (nSPS) is 11.1. The van der Waals surface area contributed by atoms with Crippen LogP contribution in [0.3, 0.4) is 0 Å². The van der Waals surface area contributed by atoms with E-state index in [1.165, 1.54) is 0 Å². The van der Waals surface area contributed by atoms with Crippen LogP contribution in [0.1, 0.15) is 10.4 Å². The fourth-order valence-corrected chi connectivity index (χ4v) is 3.79. The fourth-order valence-electron chi connectivity index (χ4n) is 3.09. The number of aryl methyl sites for hydroxylation is 1. The molecule has 0 aliphatic rings. The summed E-state index contributed by atoms with van der Waals surface area (Å²) < 4.78 is 1.82. The lowest BCUT2D eigenvalue weighted by atomic mass is 10.0. The summed E-state index contributed by atoms with van der Waals surface area (Å²) in [5.74, 6) is 0. The first kappa shape index (κ1) is 18.0. The van der Waals surface area contributed by atoms with Gasteiger partial charge in [-0.1, -0.05) is 53.0 Å². The van der Waals surface area contributed by atoms with Crippen molar-refractivity contribution in [2.24, 2.45) is 7.05 Å². The van der Waals surface area contributed by atoms with Crippen molar-refractivity contribution in [3.63, 3.8) is 0 Å². The lowest BCUT2D eigenvalue weighted by Crippen LogP contribution is -1.92. The first-order valence-electron chi connectivity index (χ1n) is 8.01. The van der Waals surface area contributed by atoms with Crippen molar-refractivity contribution in [3.05, 3.63) is 69.6 Å². The van der Waals surface area contributed by atoms with Gasteiger partial charge in [0.1, 0.15) is 10.8 Å². The van der Waals surface area contributed by atoms with Crippen molar-refractivity contribution in [2.45, 2.75) is 0 Å². The molecule has 4 rings (SSSR count). The molecule has 0 atom stereocenters. The second-order valence-electron chi connectivity index (χ2n) is 6.01. The zero-order chi connectivity index (χ0) is 19.1. The summed E-state index contributed by atoms with van der Waals surface area (Å²) in [7, 11) is 1.85. The summed E-state index contributed by atoms with van der Waals surface area (Å²) in [6.07, 6.45) is 4.17. The van der Waals surface area contributed by atoms with Crippen LogP contribution in [0, 0.1) is 0 Å². The van der Waals surface area contributed by atoms with E-state index in [4.69, 9.17) is 39.8 Å². The minimum absolute atomic E-state index is 0.223. The molecule has 7 heteroatoms. The summed E-state index contributed by atoms with van der Waals surface area (Å²) in [6, 6.07) is 11.1. The summed E-state index contributed by atoms with van der Waals surface area (Å²) in [6.45, 7) is 0. The van der Waals surface area contributed by atoms with E-state index in [0.29, 0.717) is 32.5 Å². The van der Waals surface area contributed by atoms with Crippen LogP contribution in [0.4, 0.5) is 0 Å². The Morgan fingerprint density at radius 2 is 1.70 bits per heavy atom. The van der Waals surface area contributed by atoms with Crippen molar-refractivity contribution in [1.29, 1.82) is 0 Å². The number of carbonyl (C=O) groups is 1. The van der Waals surface area contributed by atoms with E-state index in [-0.39, 0.29) is 5.15 Å². The SMILES string of the molecule is Cn1cc(C=O)c2ccc(-c3cccc(-c4ccnc(Cl)c4Cl)c3Cl)nc21. The summed E-state index contributed by atoms with van der Waals surface area (Å²) in [5, 5.41) is 1.88. The molecule has 4 aromatic rings. The minimum Gasteiger partial charge on any atom is -0.335 e. The molecule has 0 aliphatic carbocycles. The molecule has 0 bridgehead atoms. The van der Waals surface area contributed by atoms with Crippen LogP contribution in [-0.4, -0.2) is 20.8 Å². The third-order valence-corrected chi connectivity index (χ3v) is 5.56. The molecule has 0 N–H and O–H groups in total. The third kappa shape index (κ3) is 3.00. The Hall–Kier alpha value is -2.40. The van der Waals surface area contributed by atoms with E-state index in [1.54, 1.807) is 18.5 Å². The van der Waals surface area contributed by atoms with E-state index in [2.05, 4.69) is 4.98 Å². The minimum atomic E-state index is 0.223. The van der Waals surface area contributed by atoms with Gasteiger partial charge in [-0.05, 0) is 18.2 Å². The standard InChI is InChI=1S/C20H12Cl3N3O/c1-26-9-11(10-27)12-5-6-16(25-20(12)26)15-4-2-3-13(17(15)21)14-7-8-24-19(23)18(14)22/h2-10H,1H3. The maximum absolute atomic E-state index is 11.2. The van der Waals surface area contributed by atoms with E-state index >= 15 is 0 Å². The van der Waals surface area contributed by atoms with Gasteiger partial charge < -0.3 is 4.57 Å². The van der Waals surface area contributed by atoms with Gasteiger partial charge in [0.05, 0.1) is 15.7 Å². The van der Waals surface area contributed by atoms with Gasteiger partial charge in [-0.3, -0.25) is 4.79 Å². The molecule has 3 aromatic heterocycles. The van der Waals surface area contributed by atoms with Crippen molar-refractivity contribution < 1.29 is 4.79 Å². The van der Waals surface area contributed by atoms with Gasteiger partial charge in [0.2, 0.25) is 0 Å². The molecule has 0 saturated heterocycles. The van der Waals surface area contributed by atoms with Crippen LogP contribution in [0.5, 0.6) is 0 Å². The molecule has 1 aromatic carbocycles. The molecule has 0 saturated carbocycles. The highest BCUT2D eigenvalue weighted by Crippen LogP contribution is 2.40. The lowest BCUT2D eigenvalue weighted by Gasteiger charge is -2.11. The molecule has 27 heavy (non-hydrogen) atoms. The van der Waals surface area contributed by atoms with E-state index < -0.39 is 0 Å². The van der Waals surface area contributed by atoms with Crippen LogP contribution in [-0.2, 0) is 7.05 Å². The van der Waals surface area contributed by atoms with Crippen LogP contribution < -0.4 is 0 Å². The molecule has 0 unspecified atom stereocenters. The number of hydrogen-bond acceptors (Lipinski definition) is 3. The molecular weight excluding hydrogens is 405 g/mol. The number of aldehydes is 1. The van der Waals surface area contributed by atoms with Crippen LogP contribution in [0.2, 0.25) is 15.2 Å². The van der Waals surface area contributed by atoms with Gasteiger partial charge in [0, 0.05) is 47.1 Å². The van der Waals surface area contributed by atoms with E-state index in [1.807, 2.05) is 41.9 Å². The number of carbonyl (C=O) groups excluding carboxylic acids is 1. The van der Waals surface area contributed by atoms with Gasteiger partial charge >= 0.3 is 0 Å². The zero-order valence-corrected chi connectivity index (χ0v) is 16.3. The number of halogens is 3. The van der Waals surface area contributed by atoms with Gasteiger partial charge in [-0.15, -0.1) is 0 Å². The monoisotopic (exact) mass is 415 g/mol. The number of pyridine rings is 2. The quantitative estimate of drug-likeness (QED) is 0.300. The molecule has 0 fully saturated rings. The number of nitrogens with zero attached hydrogens (tertiary/aromatic N) is 3. The van der Waals surface area contributed by atoms with Gasteiger partial charge in [-0.25, -0.2) is 9.97 Å². The maximum Gasteiger partial charge on any atom is 0.152 e. The molecule has 0 amide bonds. The Morgan fingerprint density at radius 3 is 2.48 bits per heavy atom. The van der Waals surface area contributed by atoms with Crippen molar-refractivity contribution in [3.8, 4) is 22.4 Å². The Labute approximate surface area is 170 Å². The van der Waals surface area contributed by atoms with Gasteiger partial charge in [0.15, 0.2) is 6.29 Å². The van der Waals surface area contributed by atoms with Crippen molar-refractivity contribution in [2.75, 3.05) is 0 Å². The largest absolute Gasteiger partial charge is 0.335 e. The number of fused-ring (bicyclic) bond motifs is 1. The first-order chi connectivity index (χ1) is 13.0. The molecule has 3 heterocycles. The molecule has 134 valence electrons. The zero-order valence-electron chi connectivity index (χ0n) is 14.1. The lowest BCUT2D eigenvalue weighted by molar-refractivity contribution is 0.112. The van der Waals surface area contributed by atoms with E-state index in [9.17, 15) is 4.79 Å². The maximum atomic E-state index is 11.2. The van der Waals surface area contributed by atoms with Crippen molar-refractivity contribution in [1.82, 2.24) is 14.5 Å². The average molecular weight is 417 g/mol. The number of benzene rings is 1. The fraction of sp³-hybridized carbons (Fsp3) is 0.0500. The molecule has 0 spiro atoms. The second-order valence-corrected chi connectivity index (χ2v) is 7.13. The van der Waals surface area contributed by atoms with Crippen molar-refractivity contribution >= 4 is 52.1 Å². The highest BCUT2D eigenvalue weighted by atomic mass is 35.5. The Morgan fingerprint density at radius 1 is 0.963 bits per heavy atom. The Balaban J connectivity index is 1.91. The van der Waals surface area contributed by atoms with Crippen LogP contribution in [0.15, 0.2) is 48.8 Å². The van der Waals surface area contributed by atoms with Crippen LogP contribution in [0.25, 0.3) is 33.4 Å². The average Bonchev–Trinajstić information content (AvgIpc) is 3.00. The molecular formula is C20H12Cl3N3O. The topological polar surface area (TPSA) is 47.8 Å². The summed E-state index contributed by atoms with van der Waals surface area (Å²) in [5.41, 5.74) is 4.21. The molecule has 4 nitrogen and oxygen atoms in total. The van der Waals surface area contributed by atoms with Gasteiger partial charge in [-0.2, -0.15) is 0 Å². The highest BCUT2D eigenvalue weighted by Gasteiger charge is 2.16. The highest BCUT2D eigenvalue weighted by molar-refractivity contribution is 6.43. The number of aromatic nitrogens is 3. The number of rotatable bonds is 3. The summed E-state index contributed by atoms with van der Waals surface area (Å²) in [4.78, 5) is 19.9. The molecule has 0 radical (unpaired) electrons. The molecule has 0 aliphatic heterocycles. The second kappa shape index (κ2) is 6.97. The predicted octanol–water partition coefficient (Wildman–Crippen LogP) is 6.08. The number of hydrogen-bond donors (Lipinski definition) is 0. The van der Waals surface area contributed by atoms with E-state index in [0.717, 1.165) is 22.8 Å². The third-order valence-electron chi connectivity index (χ3n) is 4.39. The Bertz CT molecular complexity index is 1200. The summed E-state index contributed by atoms with van der Waals surface area (Å²) >= 11 is 19.1. The van der Waals surface area contributed by atoms with Gasteiger partial charge in [0.25, 0.3) is 0 Å². The Kier molecular flexibility index (Phi) is 4.64. The van der Waals surface area contributed by atoms with Crippen LogP contribution >= 0.6 is 34.8 Å².